The SMILES string of the molecule is C[n+]1ccc(/C(C#N)=C/c2ccc3c(c2)CN2CN3Cc3cc(Br)ccc32)cc1. The number of aromatic nitrogens is 1. The number of pyridine rings is 1. The highest BCUT2D eigenvalue weighted by atomic mass is 79.9. The van der Waals surface area contributed by atoms with Gasteiger partial charge < -0.3 is 9.80 Å². The van der Waals surface area contributed by atoms with Gasteiger partial charge in [-0.15, -0.1) is 0 Å². The van der Waals surface area contributed by atoms with E-state index in [0.29, 0.717) is 5.57 Å². The van der Waals surface area contributed by atoms with E-state index in [0.717, 1.165) is 35.4 Å². The van der Waals surface area contributed by atoms with Crippen molar-refractivity contribution in [3.05, 3.63) is 87.7 Å². The first kappa shape index (κ1) is 18.0. The second kappa shape index (κ2) is 7.06. The lowest BCUT2D eigenvalue weighted by molar-refractivity contribution is -0.671. The number of aryl methyl sites for hydroxylation is 1. The first-order chi connectivity index (χ1) is 14.1. The molecule has 142 valence electrons. The monoisotopic (exact) mass is 443 g/mol. The number of nitrogens with zero attached hydrogens (tertiary/aromatic N) is 4. The fourth-order valence-corrected chi connectivity index (χ4v) is 4.60. The topological polar surface area (TPSA) is 34.1 Å². The largest absolute Gasteiger partial charge is 0.349 e. The molecule has 0 amide bonds. The minimum absolute atomic E-state index is 0.678. The molecule has 0 spiro atoms. The first-order valence-electron chi connectivity index (χ1n) is 9.59. The molecule has 2 aliphatic rings. The maximum atomic E-state index is 9.67. The lowest BCUT2D eigenvalue weighted by Crippen LogP contribution is -2.46. The summed E-state index contributed by atoms with van der Waals surface area (Å²) in [4.78, 5) is 4.84. The van der Waals surface area contributed by atoms with E-state index in [1.165, 1.54) is 22.5 Å². The summed E-state index contributed by atoms with van der Waals surface area (Å²) in [6.45, 7) is 2.71. The van der Waals surface area contributed by atoms with Crippen LogP contribution in [0.1, 0.15) is 22.3 Å². The third-order valence-electron chi connectivity index (χ3n) is 5.61. The Balaban J connectivity index is 1.49. The Kier molecular flexibility index (Phi) is 4.37. The van der Waals surface area contributed by atoms with Crippen LogP contribution in [0, 0.1) is 11.3 Å². The quantitative estimate of drug-likeness (QED) is 0.427. The molecule has 2 aromatic carbocycles. The number of fused-ring (bicyclic) bond motifs is 6. The van der Waals surface area contributed by atoms with E-state index in [1.807, 2.05) is 42.2 Å². The second-order valence-electron chi connectivity index (χ2n) is 7.62. The summed E-state index contributed by atoms with van der Waals surface area (Å²) >= 11 is 3.59. The number of halogens is 1. The van der Waals surface area contributed by atoms with E-state index in [1.54, 1.807) is 0 Å². The molecule has 0 atom stereocenters. The van der Waals surface area contributed by atoms with Crippen molar-refractivity contribution in [3.63, 3.8) is 0 Å². The fraction of sp³-hybridized carbons (Fsp3) is 0.167. The van der Waals surface area contributed by atoms with Gasteiger partial charge in [-0.3, -0.25) is 0 Å². The van der Waals surface area contributed by atoms with E-state index in [2.05, 4.69) is 68.2 Å². The normalized spacial score (nSPS) is 14.9. The maximum Gasteiger partial charge on any atom is 0.169 e. The number of anilines is 2. The average Bonchev–Trinajstić information content (AvgIpc) is 2.72. The number of nitriles is 1. The van der Waals surface area contributed by atoms with E-state index < -0.39 is 0 Å². The van der Waals surface area contributed by atoms with Crippen molar-refractivity contribution in [1.82, 2.24) is 0 Å². The van der Waals surface area contributed by atoms with Crippen molar-refractivity contribution in [3.8, 4) is 6.07 Å². The van der Waals surface area contributed by atoms with Gasteiger partial charge in [0.2, 0.25) is 0 Å². The van der Waals surface area contributed by atoms with Gasteiger partial charge in [0.15, 0.2) is 12.4 Å². The molecule has 0 saturated carbocycles. The molecule has 1 aromatic heterocycles. The van der Waals surface area contributed by atoms with E-state index >= 15 is 0 Å². The Morgan fingerprint density at radius 1 is 1.00 bits per heavy atom. The molecule has 29 heavy (non-hydrogen) atoms. The lowest BCUT2D eigenvalue weighted by Gasteiger charge is -2.45. The molecular weight excluding hydrogens is 424 g/mol. The van der Waals surface area contributed by atoms with Crippen LogP contribution in [0.2, 0.25) is 0 Å². The summed E-state index contributed by atoms with van der Waals surface area (Å²) in [6.07, 6.45) is 5.91. The molecular formula is C24H20BrN4+. The van der Waals surface area contributed by atoms with Crippen LogP contribution in [-0.2, 0) is 20.1 Å². The fourth-order valence-electron chi connectivity index (χ4n) is 4.19. The minimum atomic E-state index is 0.678. The molecule has 0 unspecified atom stereocenters. The van der Waals surface area contributed by atoms with Gasteiger partial charge in [0.1, 0.15) is 7.05 Å². The van der Waals surface area contributed by atoms with Crippen LogP contribution in [0.5, 0.6) is 0 Å². The molecule has 5 rings (SSSR count). The first-order valence-corrected chi connectivity index (χ1v) is 10.4. The number of allylic oxidation sites excluding steroid dienone is 1. The second-order valence-corrected chi connectivity index (χ2v) is 8.54. The highest BCUT2D eigenvalue weighted by molar-refractivity contribution is 9.10. The molecule has 0 saturated heterocycles. The molecule has 3 heterocycles. The predicted octanol–water partition coefficient (Wildman–Crippen LogP) is 4.64. The van der Waals surface area contributed by atoms with Gasteiger partial charge >= 0.3 is 0 Å². The van der Waals surface area contributed by atoms with Crippen LogP contribution in [0.15, 0.2) is 65.4 Å². The van der Waals surface area contributed by atoms with Gasteiger partial charge in [-0.25, -0.2) is 4.57 Å². The molecule has 0 fully saturated rings. The Bertz CT molecular complexity index is 1170. The minimum Gasteiger partial charge on any atom is -0.349 e. The molecule has 2 bridgehead atoms. The van der Waals surface area contributed by atoms with Crippen LogP contribution in [0.25, 0.3) is 11.6 Å². The van der Waals surface area contributed by atoms with Crippen molar-refractivity contribution in [2.45, 2.75) is 13.1 Å². The zero-order valence-corrected chi connectivity index (χ0v) is 17.7. The zero-order valence-electron chi connectivity index (χ0n) is 16.1. The number of benzene rings is 2. The molecule has 0 aliphatic carbocycles. The highest BCUT2D eigenvalue weighted by Gasteiger charge is 2.29. The average molecular weight is 444 g/mol. The Morgan fingerprint density at radius 3 is 2.34 bits per heavy atom. The summed E-state index contributed by atoms with van der Waals surface area (Å²) in [5.74, 6) is 0. The van der Waals surface area contributed by atoms with Crippen LogP contribution >= 0.6 is 15.9 Å². The van der Waals surface area contributed by atoms with Crippen molar-refractivity contribution < 1.29 is 4.57 Å². The number of hydrogen-bond acceptors (Lipinski definition) is 3. The van der Waals surface area contributed by atoms with E-state index in [4.69, 9.17) is 0 Å². The number of rotatable bonds is 2. The van der Waals surface area contributed by atoms with Gasteiger partial charge in [-0.2, -0.15) is 5.26 Å². The van der Waals surface area contributed by atoms with Crippen molar-refractivity contribution in [1.29, 1.82) is 5.26 Å². The summed E-state index contributed by atoms with van der Waals surface area (Å²) in [5.41, 5.74) is 7.93. The third kappa shape index (κ3) is 3.30. The highest BCUT2D eigenvalue weighted by Crippen LogP contribution is 2.39. The third-order valence-corrected chi connectivity index (χ3v) is 6.10. The maximum absolute atomic E-state index is 9.67. The van der Waals surface area contributed by atoms with Gasteiger partial charge in [-0.05, 0) is 53.1 Å². The van der Waals surface area contributed by atoms with Crippen molar-refractivity contribution >= 4 is 39.0 Å². The van der Waals surface area contributed by atoms with Crippen molar-refractivity contribution in [2.75, 3.05) is 16.5 Å². The zero-order chi connectivity index (χ0) is 20.0. The summed E-state index contributed by atoms with van der Waals surface area (Å²) in [7, 11) is 1.97. The Hall–Kier alpha value is -3.10. The lowest BCUT2D eigenvalue weighted by atomic mass is 9.98. The van der Waals surface area contributed by atoms with Gasteiger partial charge in [0.25, 0.3) is 0 Å². The van der Waals surface area contributed by atoms with Crippen LogP contribution in [0.4, 0.5) is 11.4 Å². The smallest absolute Gasteiger partial charge is 0.169 e. The Labute approximate surface area is 179 Å². The molecule has 3 aromatic rings. The van der Waals surface area contributed by atoms with Crippen LogP contribution < -0.4 is 14.4 Å². The van der Waals surface area contributed by atoms with E-state index in [-0.39, 0.29) is 0 Å². The number of hydrogen-bond donors (Lipinski definition) is 0. The van der Waals surface area contributed by atoms with Gasteiger partial charge in [0, 0.05) is 46.6 Å². The molecule has 0 radical (unpaired) electrons. The van der Waals surface area contributed by atoms with Crippen LogP contribution in [-0.4, -0.2) is 6.67 Å². The molecule has 0 N–H and O–H groups in total. The summed E-state index contributed by atoms with van der Waals surface area (Å²) in [6, 6.07) is 19.4. The standard InChI is InChI=1S/C24H20BrN4/c1-27-8-6-18(7-9-27)19(13-26)10-17-2-4-23-20(11-17)14-28-16-29(23)15-21-12-22(25)3-5-24(21)28/h2-12H,14-16H2,1H3/q+1. The van der Waals surface area contributed by atoms with Crippen molar-refractivity contribution in [2.24, 2.45) is 7.05 Å². The van der Waals surface area contributed by atoms with Gasteiger partial charge in [0.05, 0.1) is 18.3 Å². The Morgan fingerprint density at radius 2 is 1.66 bits per heavy atom. The van der Waals surface area contributed by atoms with Gasteiger partial charge in [-0.1, -0.05) is 22.0 Å². The predicted molar refractivity (Wildman–Crippen MR) is 119 cm³/mol. The molecule has 2 aliphatic heterocycles. The van der Waals surface area contributed by atoms with Crippen LogP contribution in [0.3, 0.4) is 0 Å². The molecule has 4 nitrogen and oxygen atoms in total. The summed E-state index contributed by atoms with van der Waals surface area (Å²) in [5, 5.41) is 9.67. The summed E-state index contributed by atoms with van der Waals surface area (Å²) < 4.78 is 3.09. The van der Waals surface area contributed by atoms with E-state index in [9.17, 15) is 5.26 Å². The molecule has 5 heteroatoms.